The van der Waals surface area contributed by atoms with E-state index in [1.165, 1.54) is 58.6 Å². The second-order valence-corrected chi connectivity index (χ2v) is 17.1. The van der Waals surface area contributed by atoms with Crippen molar-refractivity contribution in [1.82, 2.24) is 35.7 Å². The lowest BCUT2D eigenvalue weighted by Crippen LogP contribution is -2.51. The molecule has 1 aliphatic carbocycles. The number of fused-ring (bicyclic) bond motifs is 3. The zero-order chi connectivity index (χ0) is 54.5. The molecule has 6 rings (SSSR count). The SMILES string of the molecule is C/C=C/C(F)(F)CN(CC)C(=O)C(NC=O)C(C)C.C=N/C=C(/C)NCCC.CCC.CCC1CCC(NC)CC1.COC.COC(=O)NCC=O.c1ccc2c(c1)Oc1ccc(-c3cn4c(n3)C4)cc1O2. The summed E-state index contributed by atoms with van der Waals surface area (Å²) in [6.07, 6.45) is 15.7. The van der Waals surface area contributed by atoms with Crippen molar-refractivity contribution in [3.05, 3.63) is 78.5 Å². The molecule has 0 spiro atoms. The Bertz CT molecular complexity index is 2020. The highest BCUT2D eigenvalue weighted by Crippen LogP contribution is 2.46. The average molecular weight is 1010 g/mol. The van der Waals surface area contributed by atoms with E-state index in [0.29, 0.717) is 12.7 Å². The van der Waals surface area contributed by atoms with Gasteiger partial charge in [-0.2, -0.15) is 0 Å². The number of nitrogens with one attached hydrogen (secondary N) is 4. The third-order valence-electron chi connectivity index (χ3n) is 10.6. The number of imidazole rings is 1. The predicted molar refractivity (Wildman–Crippen MR) is 285 cm³/mol. The quantitative estimate of drug-likeness (QED) is 0.0394. The van der Waals surface area contributed by atoms with E-state index >= 15 is 0 Å². The van der Waals surface area contributed by atoms with Crippen LogP contribution in [0.1, 0.15) is 113 Å². The van der Waals surface area contributed by atoms with Gasteiger partial charge < -0.3 is 54.5 Å². The van der Waals surface area contributed by atoms with E-state index in [2.05, 4.69) is 92.9 Å². The smallest absolute Gasteiger partial charge is 0.407 e. The second-order valence-electron chi connectivity index (χ2n) is 17.1. The van der Waals surface area contributed by atoms with Crippen molar-refractivity contribution in [1.29, 1.82) is 0 Å². The average Bonchev–Trinajstić information content (AvgIpc) is 3.99. The lowest BCUT2D eigenvalue weighted by molar-refractivity contribution is -0.139. The first kappa shape index (κ1) is 65.9. The molecule has 3 aromatic rings. The molecule has 3 aliphatic rings. The third-order valence-corrected chi connectivity index (χ3v) is 10.6. The number of alkyl halides is 2. The lowest BCUT2D eigenvalue weighted by atomic mass is 9.85. The Balaban J connectivity index is 0.000000892. The van der Waals surface area contributed by atoms with E-state index in [1.54, 1.807) is 41.2 Å². The van der Waals surface area contributed by atoms with Crippen LogP contribution < -0.4 is 30.7 Å². The van der Waals surface area contributed by atoms with Crippen LogP contribution in [0.4, 0.5) is 13.6 Å². The number of hydrogen-bond donors (Lipinski definition) is 4. The number of carbonyl (C=O) groups is 4. The zero-order valence-electron chi connectivity index (χ0n) is 45.3. The molecular weight excluding hydrogens is 927 g/mol. The van der Waals surface area contributed by atoms with Crippen LogP contribution in [0, 0.1) is 11.8 Å². The van der Waals surface area contributed by atoms with Crippen molar-refractivity contribution >= 4 is 31.4 Å². The number of ether oxygens (including phenoxy) is 4. The number of benzene rings is 2. The van der Waals surface area contributed by atoms with Gasteiger partial charge >= 0.3 is 6.09 Å². The fourth-order valence-electron chi connectivity index (χ4n) is 6.76. The number of methoxy groups -OCH3 is 2. The molecule has 1 aromatic heterocycles. The number of alkyl carbamates (subject to hydrolysis) is 1. The predicted octanol–water partition coefficient (Wildman–Crippen LogP) is 10.6. The van der Waals surface area contributed by atoms with Crippen molar-refractivity contribution < 1.29 is 46.9 Å². The van der Waals surface area contributed by atoms with Crippen LogP contribution in [0.15, 0.2) is 77.7 Å². The summed E-state index contributed by atoms with van der Waals surface area (Å²) in [6, 6.07) is 13.6. The van der Waals surface area contributed by atoms with Crippen molar-refractivity contribution in [2.24, 2.45) is 16.8 Å². The highest BCUT2D eigenvalue weighted by atomic mass is 19.3. The molecular formula is C54H86F2N8O8. The van der Waals surface area contributed by atoms with E-state index in [4.69, 9.17) is 9.47 Å². The minimum absolute atomic E-state index is 0.00662. The van der Waals surface area contributed by atoms with Gasteiger partial charge in [-0.25, -0.2) is 18.6 Å². The van der Waals surface area contributed by atoms with E-state index in [1.807, 2.05) is 49.4 Å². The van der Waals surface area contributed by atoms with Crippen LogP contribution in [-0.2, 0) is 30.4 Å². The first-order valence-corrected chi connectivity index (χ1v) is 24.8. The Hall–Kier alpha value is -6.14. The van der Waals surface area contributed by atoms with Crippen molar-refractivity contribution in [3.8, 4) is 34.3 Å². The van der Waals surface area contributed by atoms with Crippen LogP contribution >= 0.6 is 0 Å². The number of hydrogen-bond acceptors (Lipinski definition) is 12. The summed E-state index contributed by atoms with van der Waals surface area (Å²) in [5.41, 5.74) is 3.11. The lowest BCUT2D eigenvalue weighted by Gasteiger charge is -2.30. The van der Waals surface area contributed by atoms with Gasteiger partial charge in [-0.3, -0.25) is 14.6 Å². The molecule has 0 saturated heterocycles. The summed E-state index contributed by atoms with van der Waals surface area (Å²) in [6.45, 7) is 22.1. The van der Waals surface area contributed by atoms with E-state index in [9.17, 15) is 28.0 Å². The van der Waals surface area contributed by atoms with Crippen LogP contribution in [-0.4, -0.2) is 118 Å². The topological polar surface area (TPSA) is 187 Å². The fourth-order valence-corrected chi connectivity index (χ4v) is 6.76. The van der Waals surface area contributed by atoms with Gasteiger partial charge in [0.05, 0.1) is 32.4 Å². The standard InChI is InChI=1S/C16H10N2O2.C13H22F2N2O2.C9H19N.C7H14N2.C4H7NO3.C3H8.C2H6O/c1-2-4-13-12(3-1)19-14-6-5-10(7-15(14)20-13)11-8-18-9-16(18)17-11;1-5-7-13(14,15)8-17(6-2)12(19)11(10(3)4)16-9-18;1-3-8-4-6-9(10-2)7-5-8;1-4-5-9-7(2)6-8-3;1-8-4(7)5-2-3-6;2*1-3-2/h1-8H,9H2;5,7,9-11H,6,8H2,1-4H3,(H,16,18);8-10H,3-7H2,1-2H3;6,9H,3-5H2,1-2H3;3H,2H2,1H3,(H,5,7);3H2,1-2H3;1-2H3/b;7-5+;;7-6-;;;. The molecule has 4 N–H and O–H groups in total. The summed E-state index contributed by atoms with van der Waals surface area (Å²) in [4.78, 5) is 51.5. The molecule has 404 valence electrons. The minimum Gasteiger partial charge on any atom is -0.453 e. The molecule has 16 nitrogen and oxygen atoms in total. The Morgan fingerprint density at radius 2 is 1.57 bits per heavy atom. The molecule has 72 heavy (non-hydrogen) atoms. The Morgan fingerprint density at radius 3 is 2.03 bits per heavy atom. The molecule has 1 fully saturated rings. The van der Waals surface area contributed by atoms with Crippen molar-refractivity contribution in [2.75, 3.05) is 54.6 Å². The molecule has 2 aromatic carbocycles. The maximum absolute atomic E-state index is 13.5. The summed E-state index contributed by atoms with van der Waals surface area (Å²) in [5.74, 6) is 1.42. The van der Waals surface area contributed by atoms with Gasteiger partial charge in [-0.05, 0) is 115 Å². The van der Waals surface area contributed by atoms with Crippen LogP contribution in [0.5, 0.6) is 23.0 Å². The number of aliphatic imine (C=N–C) groups is 1. The number of likely N-dealkylation sites (N-methyl/N-ethyl adjacent to an activating group) is 1. The van der Waals surface area contributed by atoms with E-state index < -0.39 is 30.5 Å². The largest absolute Gasteiger partial charge is 0.453 e. The van der Waals surface area contributed by atoms with Gasteiger partial charge in [-0.15, -0.1) is 0 Å². The van der Waals surface area contributed by atoms with E-state index in [0.717, 1.165) is 88.2 Å². The van der Waals surface area contributed by atoms with Gasteiger partial charge in [0.1, 0.15) is 18.2 Å². The molecule has 1 saturated carbocycles. The number of allylic oxidation sites excluding steroid dienone is 2. The number of rotatable bonds is 17. The summed E-state index contributed by atoms with van der Waals surface area (Å²) in [5, 5.41) is 11.0. The monoisotopic (exact) mass is 1010 g/mol. The second kappa shape index (κ2) is 38.5. The Morgan fingerprint density at radius 1 is 0.972 bits per heavy atom. The number of aldehydes is 1. The summed E-state index contributed by atoms with van der Waals surface area (Å²) < 4.78 is 49.3. The number of nitrogens with zero attached hydrogens (tertiary/aromatic N) is 4. The number of amides is 3. The first-order valence-electron chi connectivity index (χ1n) is 24.8. The van der Waals surface area contributed by atoms with Crippen molar-refractivity contribution in [3.63, 3.8) is 0 Å². The molecule has 18 heteroatoms. The Labute approximate surface area is 428 Å². The van der Waals surface area contributed by atoms with Gasteiger partial charge in [0, 0.05) is 57.0 Å². The normalized spacial score (nSPS) is 14.9. The molecule has 2 aliphatic heterocycles. The zero-order valence-corrected chi connectivity index (χ0v) is 45.3. The number of para-hydroxylation sites is 2. The number of carbonyl (C=O) groups excluding carboxylic acids is 4. The van der Waals surface area contributed by atoms with Gasteiger partial charge in [-0.1, -0.05) is 72.6 Å². The maximum Gasteiger partial charge on any atom is 0.407 e. The minimum atomic E-state index is -3.07. The highest BCUT2D eigenvalue weighted by Gasteiger charge is 2.34. The molecule has 0 bridgehead atoms. The van der Waals surface area contributed by atoms with Crippen LogP contribution in [0.25, 0.3) is 11.3 Å². The van der Waals surface area contributed by atoms with Crippen LogP contribution in [0.2, 0.25) is 0 Å². The first-order chi connectivity index (χ1) is 34.5. The van der Waals surface area contributed by atoms with Crippen LogP contribution in [0.3, 0.4) is 0 Å². The summed E-state index contributed by atoms with van der Waals surface area (Å²) in [7, 11) is 6.57. The molecule has 1 unspecified atom stereocenters. The summed E-state index contributed by atoms with van der Waals surface area (Å²) >= 11 is 0. The van der Waals surface area contributed by atoms with Crippen molar-refractivity contribution in [2.45, 2.75) is 132 Å². The molecule has 1 atom stereocenters. The molecule has 3 amide bonds. The van der Waals surface area contributed by atoms with Gasteiger partial charge in [0.2, 0.25) is 12.3 Å². The highest BCUT2D eigenvalue weighted by molar-refractivity contribution is 5.84. The third kappa shape index (κ3) is 26.9. The molecule has 0 radical (unpaired) electrons. The van der Waals surface area contributed by atoms with Gasteiger partial charge in [0.15, 0.2) is 23.0 Å². The Kier molecular flexibility index (Phi) is 35.2. The maximum atomic E-state index is 13.5. The molecule has 3 heterocycles. The number of aromatic nitrogens is 2. The van der Waals surface area contributed by atoms with E-state index in [-0.39, 0.29) is 19.0 Å². The fraction of sp³-hybridized carbons (Fsp3) is 0.556. The number of halogens is 2. The van der Waals surface area contributed by atoms with Gasteiger partial charge in [0.25, 0.3) is 5.92 Å².